The number of fused-ring (bicyclic) bond motifs is 2. The van der Waals surface area contributed by atoms with Gasteiger partial charge in [0.25, 0.3) is 0 Å². The molecule has 26 heavy (non-hydrogen) atoms. The van der Waals surface area contributed by atoms with Crippen LogP contribution < -0.4 is 14.8 Å². The molecule has 0 saturated carbocycles. The highest BCUT2D eigenvalue weighted by Crippen LogP contribution is 2.39. The van der Waals surface area contributed by atoms with Gasteiger partial charge in [0.15, 0.2) is 11.5 Å². The van der Waals surface area contributed by atoms with Crippen molar-refractivity contribution in [3.05, 3.63) is 52.0 Å². The van der Waals surface area contributed by atoms with E-state index in [1.54, 1.807) is 11.8 Å². The molecule has 6 heteroatoms. The van der Waals surface area contributed by atoms with Crippen LogP contribution in [0.25, 0.3) is 0 Å². The van der Waals surface area contributed by atoms with Gasteiger partial charge in [-0.15, -0.1) is 11.8 Å². The summed E-state index contributed by atoms with van der Waals surface area (Å²) in [6.07, 6.45) is 3.47. The second-order valence-electron chi connectivity index (χ2n) is 6.48. The summed E-state index contributed by atoms with van der Waals surface area (Å²) >= 11 is 7.80. The minimum Gasteiger partial charge on any atom is -0.486 e. The number of rotatable bonds is 5. The minimum absolute atomic E-state index is 0.0107. The van der Waals surface area contributed by atoms with Crippen LogP contribution in [0.2, 0.25) is 5.02 Å². The van der Waals surface area contributed by atoms with E-state index in [0.29, 0.717) is 41.2 Å². The van der Waals surface area contributed by atoms with E-state index in [9.17, 15) is 4.79 Å². The Morgan fingerprint density at radius 2 is 1.96 bits per heavy atom. The molecule has 4 nitrogen and oxygen atoms in total. The van der Waals surface area contributed by atoms with E-state index in [4.69, 9.17) is 21.1 Å². The monoisotopic (exact) mass is 389 g/mol. The van der Waals surface area contributed by atoms with Crippen molar-refractivity contribution in [2.75, 3.05) is 24.3 Å². The molecule has 0 aromatic heterocycles. The van der Waals surface area contributed by atoms with Gasteiger partial charge in [0.1, 0.15) is 13.2 Å². The smallest absolute Gasteiger partial charge is 0.234 e. The lowest BCUT2D eigenvalue weighted by Gasteiger charge is -2.20. The number of carbonyl (C=O) groups excluding carboxylic acids is 1. The molecule has 1 aliphatic carbocycles. The fourth-order valence-corrected chi connectivity index (χ4v) is 4.41. The number of halogens is 1. The Balaban J connectivity index is 1.30. The molecular formula is C20H20ClNO3S. The van der Waals surface area contributed by atoms with E-state index < -0.39 is 0 Å². The lowest BCUT2D eigenvalue weighted by Crippen LogP contribution is -2.16. The molecular weight excluding hydrogens is 370 g/mol. The summed E-state index contributed by atoms with van der Waals surface area (Å²) in [6.45, 7) is 1.05. The van der Waals surface area contributed by atoms with Crippen molar-refractivity contribution in [2.45, 2.75) is 25.0 Å². The van der Waals surface area contributed by atoms with Gasteiger partial charge in [-0.2, -0.15) is 0 Å². The van der Waals surface area contributed by atoms with Crippen LogP contribution in [0, 0.1) is 0 Å². The van der Waals surface area contributed by atoms with Crippen molar-refractivity contribution in [1.82, 2.24) is 0 Å². The number of hydrogen-bond acceptors (Lipinski definition) is 4. The van der Waals surface area contributed by atoms with Crippen LogP contribution in [0.4, 0.5) is 5.69 Å². The number of anilines is 1. The van der Waals surface area contributed by atoms with Crippen LogP contribution in [0.3, 0.4) is 0 Å². The third-order valence-electron chi connectivity index (χ3n) is 4.54. The van der Waals surface area contributed by atoms with E-state index in [-0.39, 0.29) is 5.91 Å². The summed E-state index contributed by atoms with van der Waals surface area (Å²) in [5.41, 5.74) is 4.68. The van der Waals surface area contributed by atoms with Crippen LogP contribution in [0.15, 0.2) is 30.3 Å². The number of nitrogens with one attached hydrogen (secondary N) is 1. The molecule has 0 unspecified atom stereocenters. The van der Waals surface area contributed by atoms with Gasteiger partial charge in [0, 0.05) is 11.4 Å². The standard InChI is InChI=1S/C20H20ClNO3S/c21-17-8-13(9-18-20(17)25-7-6-24-18)11-26-12-19(23)22-16-5-4-14-2-1-3-15(14)10-16/h4-5,8-10H,1-3,6-7,11-12H2,(H,22,23). The van der Waals surface area contributed by atoms with Crippen molar-refractivity contribution < 1.29 is 14.3 Å². The van der Waals surface area contributed by atoms with Gasteiger partial charge in [-0.05, 0) is 60.2 Å². The van der Waals surface area contributed by atoms with Gasteiger partial charge in [-0.1, -0.05) is 17.7 Å². The zero-order valence-corrected chi connectivity index (χ0v) is 15.9. The molecule has 1 aliphatic heterocycles. The van der Waals surface area contributed by atoms with Crippen LogP contribution in [0.5, 0.6) is 11.5 Å². The zero-order valence-electron chi connectivity index (χ0n) is 14.3. The van der Waals surface area contributed by atoms with Crippen molar-refractivity contribution in [1.29, 1.82) is 0 Å². The third-order valence-corrected chi connectivity index (χ3v) is 5.83. The summed E-state index contributed by atoms with van der Waals surface area (Å²) in [5, 5.41) is 3.54. The first-order valence-corrected chi connectivity index (χ1v) is 10.3. The number of carbonyl (C=O) groups is 1. The molecule has 0 radical (unpaired) electrons. The Labute approximate surface area is 162 Å². The van der Waals surface area contributed by atoms with Crippen LogP contribution >= 0.6 is 23.4 Å². The van der Waals surface area contributed by atoms with E-state index >= 15 is 0 Å². The quantitative estimate of drug-likeness (QED) is 0.819. The average molecular weight is 390 g/mol. The van der Waals surface area contributed by atoms with E-state index in [0.717, 1.165) is 24.1 Å². The fourth-order valence-electron chi connectivity index (χ4n) is 3.36. The summed E-state index contributed by atoms with van der Waals surface area (Å²) in [7, 11) is 0. The molecule has 2 aromatic carbocycles. The predicted octanol–water partition coefficient (Wildman–Crippen LogP) is 4.47. The first kappa shape index (κ1) is 17.6. The zero-order chi connectivity index (χ0) is 17.9. The van der Waals surface area contributed by atoms with Gasteiger partial charge in [0.05, 0.1) is 10.8 Å². The SMILES string of the molecule is O=C(CSCc1cc(Cl)c2c(c1)OCCO2)Nc1ccc2c(c1)CCC2. The van der Waals surface area contributed by atoms with Crippen molar-refractivity contribution in [2.24, 2.45) is 0 Å². The number of hydrogen-bond donors (Lipinski definition) is 1. The maximum absolute atomic E-state index is 12.2. The molecule has 0 saturated heterocycles. The number of aryl methyl sites for hydroxylation is 2. The minimum atomic E-state index is 0.0107. The number of benzene rings is 2. The highest BCUT2D eigenvalue weighted by molar-refractivity contribution is 7.99. The topological polar surface area (TPSA) is 47.6 Å². The van der Waals surface area contributed by atoms with Crippen LogP contribution in [-0.2, 0) is 23.4 Å². The molecule has 1 amide bonds. The summed E-state index contributed by atoms with van der Waals surface area (Å²) in [5.74, 6) is 2.39. The molecule has 2 aliphatic rings. The Kier molecular flexibility index (Phi) is 5.27. The van der Waals surface area contributed by atoms with Crippen LogP contribution in [0.1, 0.15) is 23.1 Å². The van der Waals surface area contributed by atoms with Crippen LogP contribution in [-0.4, -0.2) is 24.9 Å². The molecule has 1 N–H and O–H groups in total. The van der Waals surface area contributed by atoms with Gasteiger partial charge in [-0.3, -0.25) is 4.79 Å². The maximum atomic E-state index is 12.2. The second-order valence-corrected chi connectivity index (χ2v) is 7.87. The molecule has 136 valence electrons. The third kappa shape index (κ3) is 3.94. The van der Waals surface area contributed by atoms with Gasteiger partial charge >= 0.3 is 0 Å². The number of ether oxygens (including phenoxy) is 2. The molecule has 0 atom stereocenters. The normalized spacial score (nSPS) is 14.8. The number of amides is 1. The largest absolute Gasteiger partial charge is 0.486 e. The summed E-state index contributed by atoms with van der Waals surface area (Å²) in [6, 6.07) is 10.0. The highest BCUT2D eigenvalue weighted by Gasteiger charge is 2.17. The molecule has 0 fully saturated rings. The van der Waals surface area contributed by atoms with Crippen molar-refractivity contribution in [3.63, 3.8) is 0 Å². The van der Waals surface area contributed by atoms with Crippen molar-refractivity contribution >= 4 is 35.0 Å². The molecule has 2 aromatic rings. The highest BCUT2D eigenvalue weighted by atomic mass is 35.5. The second kappa shape index (κ2) is 7.80. The first-order chi connectivity index (χ1) is 12.7. The maximum Gasteiger partial charge on any atom is 0.234 e. The lowest BCUT2D eigenvalue weighted by molar-refractivity contribution is -0.113. The Morgan fingerprint density at radius 1 is 1.12 bits per heavy atom. The lowest BCUT2D eigenvalue weighted by atomic mass is 10.1. The first-order valence-electron chi connectivity index (χ1n) is 8.76. The molecule has 0 spiro atoms. The Morgan fingerprint density at radius 3 is 2.88 bits per heavy atom. The summed E-state index contributed by atoms with van der Waals surface area (Å²) < 4.78 is 11.1. The van der Waals surface area contributed by atoms with E-state index in [2.05, 4.69) is 17.4 Å². The Hall–Kier alpha value is -1.85. The van der Waals surface area contributed by atoms with Gasteiger partial charge in [-0.25, -0.2) is 0 Å². The number of thioether (sulfide) groups is 1. The molecule has 4 rings (SSSR count). The molecule has 0 bridgehead atoms. The summed E-state index contributed by atoms with van der Waals surface area (Å²) in [4.78, 5) is 12.2. The van der Waals surface area contributed by atoms with Gasteiger partial charge in [0.2, 0.25) is 5.91 Å². The van der Waals surface area contributed by atoms with Gasteiger partial charge < -0.3 is 14.8 Å². The van der Waals surface area contributed by atoms with E-state index in [1.807, 2.05) is 18.2 Å². The fraction of sp³-hybridized carbons (Fsp3) is 0.350. The van der Waals surface area contributed by atoms with Crippen molar-refractivity contribution in [3.8, 4) is 11.5 Å². The predicted molar refractivity (Wildman–Crippen MR) is 106 cm³/mol. The van der Waals surface area contributed by atoms with E-state index in [1.165, 1.54) is 17.5 Å². The Bertz CT molecular complexity index is 840. The average Bonchev–Trinajstić information content (AvgIpc) is 3.09. The molecule has 1 heterocycles.